The van der Waals surface area contributed by atoms with Crippen LogP contribution < -0.4 is 10.4 Å². The predicted octanol–water partition coefficient (Wildman–Crippen LogP) is 4.74. The first-order chi connectivity index (χ1) is 12.2. The molecular formula is C20H12O4S. The van der Waals surface area contributed by atoms with E-state index >= 15 is 0 Å². The van der Waals surface area contributed by atoms with Crippen molar-refractivity contribution in [2.75, 3.05) is 0 Å². The Morgan fingerprint density at radius 1 is 0.960 bits per heavy atom. The molecule has 0 aliphatic carbocycles. The Bertz CT molecular complexity index is 1100. The second-order valence-electron chi connectivity index (χ2n) is 5.38. The summed E-state index contributed by atoms with van der Waals surface area (Å²) in [6.07, 6.45) is 0. The molecule has 25 heavy (non-hydrogen) atoms. The monoisotopic (exact) mass is 348 g/mol. The summed E-state index contributed by atoms with van der Waals surface area (Å²) in [5, 5.41) is 2.57. The highest BCUT2D eigenvalue weighted by Crippen LogP contribution is 2.25. The SMILES string of the molecule is O=C(Oc1ccc2cc(-c3ccccc3)c(=O)oc2c1)c1cccs1. The molecule has 0 aliphatic rings. The molecular weight excluding hydrogens is 336 g/mol. The minimum atomic E-state index is -0.433. The first-order valence-electron chi connectivity index (χ1n) is 7.60. The number of carbonyl (C=O) groups is 1. The fourth-order valence-corrected chi connectivity index (χ4v) is 3.12. The van der Waals surface area contributed by atoms with Crippen LogP contribution in [0.4, 0.5) is 0 Å². The van der Waals surface area contributed by atoms with E-state index in [1.807, 2.05) is 30.3 Å². The maximum absolute atomic E-state index is 12.3. The minimum Gasteiger partial charge on any atom is -0.422 e. The Balaban J connectivity index is 1.70. The van der Waals surface area contributed by atoms with Crippen molar-refractivity contribution in [3.8, 4) is 16.9 Å². The Morgan fingerprint density at radius 2 is 1.80 bits per heavy atom. The number of carbonyl (C=O) groups excluding carboxylic acids is 1. The van der Waals surface area contributed by atoms with E-state index in [1.165, 1.54) is 11.3 Å². The van der Waals surface area contributed by atoms with Crippen molar-refractivity contribution >= 4 is 28.3 Å². The van der Waals surface area contributed by atoms with E-state index in [2.05, 4.69) is 0 Å². The van der Waals surface area contributed by atoms with Crippen molar-refractivity contribution in [1.29, 1.82) is 0 Å². The molecule has 0 aliphatic heterocycles. The first-order valence-corrected chi connectivity index (χ1v) is 8.48. The summed E-state index contributed by atoms with van der Waals surface area (Å²) in [6, 6.07) is 19.6. The lowest BCUT2D eigenvalue weighted by atomic mass is 10.1. The summed E-state index contributed by atoms with van der Waals surface area (Å²) in [5.74, 6) is -0.0980. The molecule has 0 fully saturated rings. The van der Waals surface area contributed by atoms with Gasteiger partial charge in [-0.05, 0) is 35.2 Å². The summed E-state index contributed by atoms with van der Waals surface area (Å²) in [7, 11) is 0. The zero-order chi connectivity index (χ0) is 17.2. The van der Waals surface area contributed by atoms with Gasteiger partial charge >= 0.3 is 11.6 Å². The van der Waals surface area contributed by atoms with Crippen molar-refractivity contribution in [1.82, 2.24) is 0 Å². The van der Waals surface area contributed by atoms with E-state index in [-0.39, 0.29) is 0 Å². The quantitative estimate of drug-likeness (QED) is 0.305. The van der Waals surface area contributed by atoms with E-state index in [9.17, 15) is 9.59 Å². The lowest BCUT2D eigenvalue weighted by molar-refractivity contribution is 0.0740. The van der Waals surface area contributed by atoms with Gasteiger partial charge in [-0.15, -0.1) is 11.3 Å². The van der Waals surface area contributed by atoms with Crippen LogP contribution in [0.1, 0.15) is 9.67 Å². The lowest BCUT2D eigenvalue weighted by Crippen LogP contribution is -2.06. The Labute approximate surface area is 146 Å². The van der Waals surface area contributed by atoms with Gasteiger partial charge in [0.05, 0.1) is 5.56 Å². The van der Waals surface area contributed by atoms with Gasteiger partial charge in [-0.1, -0.05) is 36.4 Å². The highest BCUT2D eigenvalue weighted by atomic mass is 32.1. The molecule has 122 valence electrons. The van der Waals surface area contributed by atoms with Crippen molar-refractivity contribution in [3.05, 3.63) is 87.4 Å². The summed E-state index contributed by atoms with van der Waals surface area (Å²) < 4.78 is 10.7. The number of hydrogen-bond donors (Lipinski definition) is 0. The first kappa shape index (κ1) is 15.4. The average molecular weight is 348 g/mol. The van der Waals surface area contributed by atoms with Crippen LogP contribution in [-0.2, 0) is 0 Å². The molecule has 0 N–H and O–H groups in total. The topological polar surface area (TPSA) is 56.5 Å². The molecule has 0 atom stereocenters. The van der Waals surface area contributed by atoms with Crippen LogP contribution in [-0.4, -0.2) is 5.97 Å². The number of ether oxygens (including phenoxy) is 1. The molecule has 4 rings (SSSR count). The van der Waals surface area contributed by atoms with Crippen LogP contribution in [0.15, 0.2) is 81.3 Å². The molecule has 5 heteroatoms. The summed E-state index contributed by atoms with van der Waals surface area (Å²) in [6.45, 7) is 0. The standard InChI is InChI=1S/C20H12O4S/c21-19-16(13-5-2-1-3-6-13)11-14-8-9-15(12-17(14)24-19)23-20(22)18-7-4-10-25-18/h1-12H. The van der Waals surface area contributed by atoms with E-state index in [1.54, 1.807) is 41.8 Å². The highest BCUT2D eigenvalue weighted by Gasteiger charge is 2.12. The van der Waals surface area contributed by atoms with E-state index in [0.717, 1.165) is 10.9 Å². The van der Waals surface area contributed by atoms with Gasteiger partial charge in [-0.25, -0.2) is 9.59 Å². The van der Waals surface area contributed by atoms with Crippen molar-refractivity contribution in [2.45, 2.75) is 0 Å². The van der Waals surface area contributed by atoms with Gasteiger partial charge in [-0.2, -0.15) is 0 Å². The van der Waals surface area contributed by atoms with Crippen LogP contribution in [0.5, 0.6) is 5.75 Å². The number of fused-ring (bicyclic) bond motifs is 1. The summed E-state index contributed by atoms with van der Waals surface area (Å²) in [4.78, 5) is 24.8. The van der Waals surface area contributed by atoms with Gasteiger partial charge in [0.1, 0.15) is 16.2 Å². The molecule has 0 saturated carbocycles. The molecule has 0 spiro atoms. The van der Waals surface area contributed by atoms with Gasteiger partial charge in [0.15, 0.2) is 0 Å². The van der Waals surface area contributed by atoms with E-state index in [4.69, 9.17) is 9.15 Å². The average Bonchev–Trinajstić information content (AvgIpc) is 3.16. The molecule has 0 amide bonds. The highest BCUT2D eigenvalue weighted by molar-refractivity contribution is 7.12. The second-order valence-corrected chi connectivity index (χ2v) is 6.33. The zero-order valence-electron chi connectivity index (χ0n) is 13.0. The lowest BCUT2D eigenvalue weighted by Gasteiger charge is -2.05. The van der Waals surface area contributed by atoms with Crippen LogP contribution >= 0.6 is 11.3 Å². The zero-order valence-corrected chi connectivity index (χ0v) is 13.8. The smallest absolute Gasteiger partial charge is 0.353 e. The third-order valence-corrected chi connectivity index (χ3v) is 4.58. The molecule has 2 aromatic heterocycles. The number of thiophene rings is 1. The molecule has 0 bridgehead atoms. The van der Waals surface area contributed by atoms with Gasteiger partial charge in [-0.3, -0.25) is 0 Å². The third kappa shape index (κ3) is 3.09. The largest absolute Gasteiger partial charge is 0.422 e. The summed E-state index contributed by atoms with van der Waals surface area (Å²) >= 11 is 1.31. The fourth-order valence-electron chi connectivity index (χ4n) is 2.53. The van der Waals surface area contributed by atoms with Crippen molar-refractivity contribution < 1.29 is 13.9 Å². The predicted molar refractivity (Wildman–Crippen MR) is 97.2 cm³/mol. The third-order valence-electron chi connectivity index (χ3n) is 3.73. The number of hydrogen-bond acceptors (Lipinski definition) is 5. The molecule has 4 aromatic rings. The number of esters is 1. The molecule has 0 radical (unpaired) electrons. The van der Waals surface area contributed by atoms with Crippen LogP contribution in [0.3, 0.4) is 0 Å². The molecule has 4 nitrogen and oxygen atoms in total. The Kier molecular flexibility index (Phi) is 3.91. The maximum atomic E-state index is 12.3. The molecule has 0 saturated heterocycles. The number of benzene rings is 2. The maximum Gasteiger partial charge on any atom is 0.353 e. The van der Waals surface area contributed by atoms with E-state index < -0.39 is 11.6 Å². The fraction of sp³-hybridized carbons (Fsp3) is 0. The van der Waals surface area contributed by atoms with Gasteiger partial charge in [0.2, 0.25) is 0 Å². The van der Waals surface area contributed by atoms with Crippen molar-refractivity contribution in [3.63, 3.8) is 0 Å². The van der Waals surface area contributed by atoms with Gasteiger partial charge in [0.25, 0.3) is 0 Å². The van der Waals surface area contributed by atoms with Crippen molar-refractivity contribution in [2.24, 2.45) is 0 Å². The summed E-state index contributed by atoms with van der Waals surface area (Å²) in [5.41, 5.74) is 1.24. The molecule has 0 unspecified atom stereocenters. The van der Waals surface area contributed by atoms with Gasteiger partial charge < -0.3 is 9.15 Å². The minimum absolute atomic E-state index is 0.335. The van der Waals surface area contributed by atoms with Crippen LogP contribution in [0.25, 0.3) is 22.1 Å². The number of rotatable bonds is 3. The normalized spacial score (nSPS) is 10.7. The van der Waals surface area contributed by atoms with E-state index in [0.29, 0.717) is 21.8 Å². The Hall–Kier alpha value is -3.18. The van der Waals surface area contributed by atoms with Crippen LogP contribution in [0.2, 0.25) is 0 Å². The van der Waals surface area contributed by atoms with Gasteiger partial charge in [0, 0.05) is 11.5 Å². The molecule has 2 heterocycles. The Morgan fingerprint density at radius 3 is 2.56 bits per heavy atom. The molecule has 2 aromatic carbocycles. The van der Waals surface area contributed by atoms with Crippen LogP contribution in [0, 0.1) is 0 Å². The second kappa shape index (κ2) is 6.37.